The van der Waals surface area contributed by atoms with Crippen LogP contribution >= 0.6 is 27.3 Å². The van der Waals surface area contributed by atoms with Crippen LogP contribution in [0.4, 0.5) is 8.78 Å². The molecule has 0 bridgehead atoms. The Hall–Kier alpha value is -0.850. The lowest BCUT2D eigenvalue weighted by Crippen LogP contribution is -2.20. The van der Waals surface area contributed by atoms with Crippen LogP contribution in [0.15, 0.2) is 22.1 Å². The standard InChI is InChI=1S/C13H13BrF2N2S/c1-7-13(19-6-18-7)11(17-2)5-8-10(15)4-3-9(14)12(8)16/h3-4,6,11,17H,5H2,1-2H3. The van der Waals surface area contributed by atoms with E-state index >= 15 is 0 Å². The molecule has 0 saturated heterocycles. The summed E-state index contributed by atoms with van der Waals surface area (Å²) in [4.78, 5) is 5.17. The summed E-state index contributed by atoms with van der Waals surface area (Å²) in [6.45, 7) is 1.89. The van der Waals surface area contributed by atoms with Gasteiger partial charge in [0.2, 0.25) is 0 Å². The van der Waals surface area contributed by atoms with Gasteiger partial charge in [0.1, 0.15) is 11.6 Å². The maximum absolute atomic E-state index is 14.0. The van der Waals surface area contributed by atoms with Crippen molar-refractivity contribution in [1.29, 1.82) is 0 Å². The Kier molecular flexibility index (Phi) is 4.65. The Morgan fingerprint density at radius 3 is 2.74 bits per heavy atom. The summed E-state index contributed by atoms with van der Waals surface area (Å²) in [5.41, 5.74) is 2.71. The summed E-state index contributed by atoms with van der Waals surface area (Å²) in [7, 11) is 1.78. The summed E-state index contributed by atoms with van der Waals surface area (Å²) in [5.74, 6) is -1.06. The molecule has 1 heterocycles. The molecule has 6 heteroatoms. The molecule has 1 aromatic heterocycles. The smallest absolute Gasteiger partial charge is 0.143 e. The first-order valence-electron chi connectivity index (χ1n) is 5.74. The Bertz CT molecular complexity index is 586. The monoisotopic (exact) mass is 346 g/mol. The van der Waals surface area contributed by atoms with Crippen molar-refractivity contribution >= 4 is 27.3 Å². The van der Waals surface area contributed by atoms with Gasteiger partial charge in [-0.25, -0.2) is 13.8 Å². The van der Waals surface area contributed by atoms with Gasteiger partial charge in [-0.2, -0.15) is 0 Å². The maximum Gasteiger partial charge on any atom is 0.143 e. The molecule has 2 nitrogen and oxygen atoms in total. The molecular formula is C13H13BrF2N2S. The van der Waals surface area contributed by atoms with Crippen LogP contribution < -0.4 is 5.32 Å². The van der Waals surface area contributed by atoms with Crippen molar-refractivity contribution in [3.8, 4) is 0 Å². The van der Waals surface area contributed by atoms with Gasteiger partial charge < -0.3 is 5.32 Å². The first-order chi connectivity index (χ1) is 9.04. The van der Waals surface area contributed by atoms with E-state index in [9.17, 15) is 8.78 Å². The second-order valence-corrected chi connectivity index (χ2v) is 5.91. The molecule has 0 spiro atoms. The molecule has 0 amide bonds. The molecule has 2 aromatic rings. The van der Waals surface area contributed by atoms with Crippen LogP contribution in [0, 0.1) is 18.6 Å². The predicted octanol–water partition coefficient (Wildman–Crippen LogP) is 4.00. The predicted molar refractivity (Wildman–Crippen MR) is 76.4 cm³/mol. The topological polar surface area (TPSA) is 24.9 Å². The largest absolute Gasteiger partial charge is 0.312 e. The van der Waals surface area contributed by atoms with Gasteiger partial charge in [0.25, 0.3) is 0 Å². The SMILES string of the molecule is CNC(Cc1c(F)ccc(Br)c1F)c1scnc1C. The fourth-order valence-corrected chi connectivity index (χ4v) is 3.22. The van der Waals surface area contributed by atoms with Gasteiger partial charge >= 0.3 is 0 Å². The number of aryl methyl sites for hydroxylation is 1. The van der Waals surface area contributed by atoms with Crippen molar-refractivity contribution in [2.45, 2.75) is 19.4 Å². The zero-order valence-electron chi connectivity index (χ0n) is 10.5. The molecule has 0 aliphatic rings. The van der Waals surface area contributed by atoms with Gasteiger partial charge in [-0.3, -0.25) is 0 Å². The van der Waals surface area contributed by atoms with E-state index < -0.39 is 11.6 Å². The van der Waals surface area contributed by atoms with Crippen molar-refractivity contribution in [3.05, 3.63) is 49.9 Å². The van der Waals surface area contributed by atoms with Crippen LogP contribution in [0.1, 0.15) is 22.2 Å². The van der Waals surface area contributed by atoms with Crippen LogP contribution in [0.5, 0.6) is 0 Å². The number of thiazole rings is 1. The van der Waals surface area contributed by atoms with E-state index in [1.54, 1.807) is 12.6 Å². The van der Waals surface area contributed by atoms with Crippen LogP contribution in [-0.4, -0.2) is 12.0 Å². The van der Waals surface area contributed by atoms with Crippen LogP contribution in [-0.2, 0) is 6.42 Å². The molecule has 1 unspecified atom stereocenters. The van der Waals surface area contributed by atoms with Gasteiger partial charge in [0.15, 0.2) is 0 Å². The molecular weight excluding hydrogens is 334 g/mol. The lowest BCUT2D eigenvalue weighted by molar-refractivity contribution is 0.514. The number of hydrogen-bond acceptors (Lipinski definition) is 3. The average Bonchev–Trinajstić information content (AvgIpc) is 2.81. The molecule has 1 atom stereocenters. The van der Waals surface area contributed by atoms with Crippen molar-refractivity contribution in [2.75, 3.05) is 7.05 Å². The molecule has 102 valence electrons. The number of nitrogens with zero attached hydrogens (tertiary/aromatic N) is 1. The van der Waals surface area contributed by atoms with Crippen molar-refractivity contribution < 1.29 is 8.78 Å². The first-order valence-corrected chi connectivity index (χ1v) is 7.41. The number of likely N-dealkylation sites (N-methyl/N-ethyl adjacent to an activating group) is 1. The maximum atomic E-state index is 14.0. The quantitative estimate of drug-likeness (QED) is 0.846. The van der Waals surface area contributed by atoms with E-state index in [2.05, 4.69) is 26.2 Å². The van der Waals surface area contributed by atoms with Crippen molar-refractivity contribution in [1.82, 2.24) is 10.3 Å². The van der Waals surface area contributed by atoms with E-state index in [1.165, 1.54) is 23.5 Å². The minimum Gasteiger partial charge on any atom is -0.312 e. The molecule has 1 N–H and O–H groups in total. The normalized spacial score (nSPS) is 12.7. The highest BCUT2D eigenvalue weighted by Crippen LogP contribution is 2.29. The number of halogens is 3. The highest BCUT2D eigenvalue weighted by atomic mass is 79.9. The fraction of sp³-hybridized carbons (Fsp3) is 0.308. The number of rotatable bonds is 4. The van der Waals surface area contributed by atoms with Gasteiger partial charge in [-0.05, 0) is 48.5 Å². The minimum atomic E-state index is -0.539. The van der Waals surface area contributed by atoms with Gasteiger partial charge in [0.05, 0.1) is 15.7 Å². The second kappa shape index (κ2) is 6.07. The van der Waals surface area contributed by atoms with Gasteiger partial charge in [-0.1, -0.05) is 0 Å². The summed E-state index contributed by atoms with van der Waals surface area (Å²) >= 11 is 4.57. The summed E-state index contributed by atoms with van der Waals surface area (Å²) in [6, 6.07) is 2.50. The van der Waals surface area contributed by atoms with E-state index in [0.717, 1.165) is 10.6 Å². The second-order valence-electron chi connectivity index (χ2n) is 4.17. The molecule has 2 rings (SSSR count). The number of benzene rings is 1. The van der Waals surface area contributed by atoms with Crippen molar-refractivity contribution in [2.24, 2.45) is 0 Å². The summed E-state index contributed by atoms with van der Waals surface area (Å²) in [6.07, 6.45) is 0.247. The van der Waals surface area contributed by atoms with Crippen LogP contribution in [0.25, 0.3) is 0 Å². The highest BCUT2D eigenvalue weighted by Gasteiger charge is 2.20. The molecule has 0 aliphatic carbocycles. The third-order valence-electron chi connectivity index (χ3n) is 2.99. The van der Waals surface area contributed by atoms with Crippen LogP contribution in [0.3, 0.4) is 0 Å². The Morgan fingerprint density at radius 2 is 2.16 bits per heavy atom. The Labute approximate surface area is 123 Å². The lowest BCUT2D eigenvalue weighted by Gasteiger charge is -2.16. The van der Waals surface area contributed by atoms with Crippen LogP contribution in [0.2, 0.25) is 0 Å². The van der Waals surface area contributed by atoms with E-state index in [4.69, 9.17) is 0 Å². The molecule has 1 aromatic carbocycles. The van der Waals surface area contributed by atoms with Gasteiger partial charge in [0, 0.05) is 16.5 Å². The minimum absolute atomic E-state index is 0.0847. The Morgan fingerprint density at radius 1 is 1.42 bits per heavy atom. The number of nitrogens with one attached hydrogen (secondary N) is 1. The number of aromatic nitrogens is 1. The molecule has 0 fully saturated rings. The highest BCUT2D eigenvalue weighted by molar-refractivity contribution is 9.10. The van der Waals surface area contributed by atoms with E-state index in [0.29, 0.717) is 0 Å². The zero-order valence-corrected chi connectivity index (χ0v) is 12.9. The summed E-state index contributed by atoms with van der Waals surface area (Å²) < 4.78 is 28.0. The van der Waals surface area contributed by atoms with E-state index in [1.807, 2.05) is 6.92 Å². The van der Waals surface area contributed by atoms with Crippen molar-refractivity contribution in [3.63, 3.8) is 0 Å². The molecule has 0 aliphatic heterocycles. The molecule has 19 heavy (non-hydrogen) atoms. The summed E-state index contributed by atoms with van der Waals surface area (Å²) in [5, 5.41) is 3.09. The first kappa shape index (κ1) is 14.6. The zero-order chi connectivity index (χ0) is 14.0. The Balaban J connectivity index is 2.34. The lowest BCUT2D eigenvalue weighted by atomic mass is 10.0. The van der Waals surface area contributed by atoms with Gasteiger partial charge in [-0.15, -0.1) is 11.3 Å². The third-order valence-corrected chi connectivity index (χ3v) is 4.65. The fourth-order valence-electron chi connectivity index (χ4n) is 1.93. The molecule has 0 radical (unpaired) electrons. The third kappa shape index (κ3) is 3.01. The molecule has 0 saturated carbocycles. The average molecular weight is 347 g/mol. The van der Waals surface area contributed by atoms with E-state index in [-0.39, 0.29) is 22.5 Å². The number of hydrogen-bond donors (Lipinski definition) is 1.